The molecule has 1 fully saturated rings. The van der Waals surface area contributed by atoms with E-state index < -0.39 is 63.1 Å². The van der Waals surface area contributed by atoms with Crippen molar-refractivity contribution in [1.82, 2.24) is 0 Å². The quantitative estimate of drug-likeness (QED) is 0.0149. The summed E-state index contributed by atoms with van der Waals surface area (Å²) < 4.78 is 34.2. The van der Waals surface area contributed by atoms with E-state index in [0.29, 0.717) is 13.0 Å². The summed E-state index contributed by atoms with van der Waals surface area (Å²) in [6.07, 6.45) is 33.2. The van der Waals surface area contributed by atoms with E-state index in [0.717, 1.165) is 83.5 Å². The maximum atomic E-state index is 12.8. The van der Waals surface area contributed by atoms with E-state index >= 15 is 0 Å². The molecule has 0 radical (unpaired) electrons. The van der Waals surface area contributed by atoms with Gasteiger partial charge in [-0.1, -0.05) is 152 Å². The van der Waals surface area contributed by atoms with Crippen LogP contribution in [0.2, 0.25) is 0 Å². The fraction of sp³-hybridized carbons (Fsp3) is 0.809. The monoisotopic (exact) mass is 873 g/mol. The molecule has 6 N–H and O–H groups in total. The van der Waals surface area contributed by atoms with E-state index in [9.17, 15) is 39.8 Å². The van der Waals surface area contributed by atoms with Gasteiger partial charge >= 0.3 is 13.8 Å². The van der Waals surface area contributed by atoms with Crippen LogP contribution >= 0.6 is 7.82 Å². The van der Waals surface area contributed by atoms with E-state index in [-0.39, 0.29) is 13.0 Å². The van der Waals surface area contributed by atoms with Gasteiger partial charge in [-0.25, -0.2) is 4.57 Å². The third-order valence-corrected chi connectivity index (χ3v) is 11.6. The average Bonchev–Trinajstić information content (AvgIpc) is 3.23. The van der Waals surface area contributed by atoms with Gasteiger partial charge in [0.05, 0.1) is 13.2 Å². The van der Waals surface area contributed by atoms with Crippen LogP contribution in [0.15, 0.2) is 48.6 Å². The Hall–Kier alpha value is -1.70. The number of hydrogen-bond donors (Lipinski definition) is 6. The molecule has 0 saturated heterocycles. The minimum Gasteiger partial charge on any atom is -0.457 e. The number of allylic oxidation sites excluding steroid dienone is 8. The number of ether oxygens (including phenoxy) is 2. The van der Waals surface area contributed by atoms with Crippen molar-refractivity contribution in [3.63, 3.8) is 0 Å². The second-order valence-electron chi connectivity index (χ2n) is 16.2. The summed E-state index contributed by atoms with van der Waals surface area (Å²) >= 11 is 0. The number of rotatable bonds is 39. The van der Waals surface area contributed by atoms with Crippen molar-refractivity contribution < 1.29 is 58.3 Å². The van der Waals surface area contributed by atoms with Gasteiger partial charge in [0.25, 0.3) is 0 Å². The van der Waals surface area contributed by atoms with Gasteiger partial charge in [0.15, 0.2) is 0 Å². The summed E-state index contributed by atoms with van der Waals surface area (Å²) in [5.41, 5.74) is 0. The molecule has 0 aromatic heterocycles. The highest BCUT2D eigenvalue weighted by Crippen LogP contribution is 2.47. The predicted octanol–water partition coefficient (Wildman–Crippen LogP) is 9.64. The number of unbranched alkanes of at least 4 members (excludes halogenated alkanes) is 19. The van der Waals surface area contributed by atoms with E-state index in [1.807, 2.05) is 0 Å². The molecule has 0 spiro atoms. The van der Waals surface area contributed by atoms with Gasteiger partial charge < -0.3 is 39.9 Å². The normalized spacial score (nSPS) is 22.7. The summed E-state index contributed by atoms with van der Waals surface area (Å²) in [5, 5.41) is 50.2. The minimum absolute atomic E-state index is 0.0854. The number of aliphatic hydroxyl groups excluding tert-OH is 5. The Morgan fingerprint density at radius 3 is 1.47 bits per heavy atom. The van der Waals surface area contributed by atoms with Gasteiger partial charge in [-0.05, 0) is 70.6 Å². The molecule has 0 aromatic carbocycles. The molecule has 13 heteroatoms. The first-order chi connectivity index (χ1) is 29.0. The van der Waals surface area contributed by atoms with E-state index in [1.165, 1.54) is 70.6 Å². The molecule has 0 aliphatic heterocycles. The van der Waals surface area contributed by atoms with Crippen LogP contribution in [0.1, 0.15) is 181 Å². The second-order valence-corrected chi connectivity index (χ2v) is 17.7. The van der Waals surface area contributed by atoms with Gasteiger partial charge in [-0.2, -0.15) is 0 Å². The molecular formula is C47H85O12P. The van der Waals surface area contributed by atoms with Crippen molar-refractivity contribution in [1.29, 1.82) is 0 Å². The maximum Gasteiger partial charge on any atom is 0.472 e. The fourth-order valence-corrected chi connectivity index (χ4v) is 7.87. The Kier molecular flexibility index (Phi) is 35.5. The Balaban J connectivity index is 2.37. The molecular weight excluding hydrogens is 787 g/mol. The summed E-state index contributed by atoms with van der Waals surface area (Å²) in [7, 11) is -5.02. The highest BCUT2D eigenvalue weighted by Gasteiger charge is 2.51. The zero-order valence-corrected chi connectivity index (χ0v) is 38.1. The SMILES string of the molecule is CCC/C=C\C/C=C\CCCCCCCC(=O)OC(COCCCCCCCCCCCC/C=C\C/C=C\CCCCC)COP(=O)(O)OC1C(O)C(O)C(O)C(O)C1O. The molecule has 60 heavy (non-hydrogen) atoms. The first kappa shape index (κ1) is 56.3. The number of esters is 1. The van der Waals surface area contributed by atoms with Gasteiger partial charge in [-0.3, -0.25) is 13.8 Å². The molecule has 350 valence electrons. The van der Waals surface area contributed by atoms with Crippen molar-refractivity contribution in [3.8, 4) is 0 Å². The van der Waals surface area contributed by atoms with Crippen LogP contribution in [0, 0.1) is 0 Å². The smallest absolute Gasteiger partial charge is 0.457 e. The summed E-state index contributed by atoms with van der Waals surface area (Å²) in [6.45, 7) is 4.14. The number of carbonyl (C=O) groups is 1. The molecule has 0 aromatic rings. The third-order valence-electron chi connectivity index (χ3n) is 10.7. The Morgan fingerprint density at radius 1 is 0.533 bits per heavy atom. The lowest BCUT2D eigenvalue weighted by molar-refractivity contribution is -0.220. The van der Waals surface area contributed by atoms with Crippen LogP contribution in [0.4, 0.5) is 0 Å². The fourth-order valence-electron chi connectivity index (χ4n) is 6.89. The molecule has 0 heterocycles. The second kappa shape index (κ2) is 37.8. The molecule has 0 amide bonds. The highest BCUT2D eigenvalue weighted by molar-refractivity contribution is 7.47. The predicted molar refractivity (Wildman–Crippen MR) is 239 cm³/mol. The number of hydrogen-bond acceptors (Lipinski definition) is 11. The lowest BCUT2D eigenvalue weighted by Crippen LogP contribution is -2.64. The maximum absolute atomic E-state index is 12.8. The Labute approximate surface area is 363 Å². The van der Waals surface area contributed by atoms with Crippen molar-refractivity contribution in [2.75, 3.05) is 19.8 Å². The van der Waals surface area contributed by atoms with E-state index in [4.69, 9.17) is 18.5 Å². The van der Waals surface area contributed by atoms with Crippen molar-refractivity contribution in [2.45, 2.75) is 224 Å². The third kappa shape index (κ3) is 29.6. The van der Waals surface area contributed by atoms with Crippen molar-refractivity contribution in [3.05, 3.63) is 48.6 Å². The Bertz CT molecular complexity index is 1180. The molecule has 1 rings (SSSR count). The van der Waals surface area contributed by atoms with Gasteiger partial charge in [0, 0.05) is 13.0 Å². The first-order valence-corrected chi connectivity index (χ1v) is 25.0. The number of phosphoric acid groups is 1. The molecule has 1 aliphatic carbocycles. The van der Waals surface area contributed by atoms with Crippen LogP contribution in [-0.2, 0) is 27.9 Å². The van der Waals surface area contributed by atoms with Crippen LogP contribution < -0.4 is 0 Å². The van der Waals surface area contributed by atoms with Crippen molar-refractivity contribution >= 4 is 13.8 Å². The molecule has 6 unspecified atom stereocenters. The van der Waals surface area contributed by atoms with E-state index in [2.05, 4.69) is 62.5 Å². The van der Waals surface area contributed by atoms with Crippen LogP contribution in [-0.4, -0.2) is 98.9 Å². The first-order valence-electron chi connectivity index (χ1n) is 23.5. The van der Waals surface area contributed by atoms with Crippen LogP contribution in [0.25, 0.3) is 0 Å². The molecule has 6 atom stereocenters. The number of aliphatic hydroxyl groups is 5. The Morgan fingerprint density at radius 2 is 0.967 bits per heavy atom. The molecule has 12 nitrogen and oxygen atoms in total. The van der Waals surface area contributed by atoms with E-state index in [1.54, 1.807) is 0 Å². The lowest BCUT2D eigenvalue weighted by atomic mass is 9.85. The standard InChI is InChI=1S/C47H85O12P/c1-3-5-7-9-11-13-15-17-18-19-20-21-22-23-25-27-29-31-33-35-37-56-38-40(39-57-60(54,55)59-47-45(52)43(50)42(49)44(51)46(47)53)58-41(48)36-34-32-30-28-26-24-16-14-12-10-8-6-4-2/h8,10-11,13-14,16-18,40,42-47,49-53H,3-7,9,12,15,19-39H2,1-2H3,(H,54,55)/b10-8-,13-11-,16-14-,18-17-. The van der Waals surface area contributed by atoms with Gasteiger partial charge in [0.2, 0.25) is 0 Å². The summed E-state index contributed by atoms with van der Waals surface area (Å²) in [4.78, 5) is 23.1. The highest BCUT2D eigenvalue weighted by atomic mass is 31.2. The summed E-state index contributed by atoms with van der Waals surface area (Å²) in [5.74, 6) is -0.494. The summed E-state index contributed by atoms with van der Waals surface area (Å²) in [6, 6.07) is 0. The zero-order valence-electron chi connectivity index (χ0n) is 37.2. The zero-order chi connectivity index (χ0) is 44.1. The average molecular weight is 873 g/mol. The van der Waals surface area contributed by atoms with Crippen molar-refractivity contribution in [2.24, 2.45) is 0 Å². The number of carbonyl (C=O) groups excluding carboxylic acids is 1. The topological polar surface area (TPSA) is 192 Å². The van der Waals surface area contributed by atoms with Crippen LogP contribution in [0.5, 0.6) is 0 Å². The molecule has 1 saturated carbocycles. The van der Waals surface area contributed by atoms with Gasteiger partial charge in [0.1, 0.15) is 42.7 Å². The van der Waals surface area contributed by atoms with Gasteiger partial charge in [-0.15, -0.1) is 0 Å². The molecule has 0 bridgehead atoms. The molecule has 1 aliphatic rings. The number of phosphoric ester groups is 1. The minimum atomic E-state index is -5.02. The van der Waals surface area contributed by atoms with Crippen LogP contribution in [0.3, 0.4) is 0 Å². The lowest BCUT2D eigenvalue weighted by Gasteiger charge is -2.41. The largest absolute Gasteiger partial charge is 0.472 e.